The molecule has 0 radical (unpaired) electrons. The number of aromatic amines is 1. The fourth-order valence-corrected chi connectivity index (χ4v) is 4.65. The number of aromatic nitrogens is 6. The molecule has 0 amide bonds. The fourth-order valence-electron chi connectivity index (χ4n) is 4.65. The molecule has 4 aromatic heterocycles. The number of rotatable bonds is 4. The van der Waals surface area contributed by atoms with E-state index < -0.39 is 5.82 Å². The van der Waals surface area contributed by atoms with Crippen LogP contribution in [0.25, 0.3) is 27.9 Å². The van der Waals surface area contributed by atoms with E-state index in [9.17, 15) is 4.39 Å². The smallest absolute Gasteiger partial charge is 0.228 e. The predicted octanol–water partition coefficient (Wildman–Crippen LogP) is 3.80. The van der Waals surface area contributed by atoms with E-state index in [-0.39, 0.29) is 12.1 Å². The lowest BCUT2D eigenvalue weighted by molar-refractivity contribution is 0.599. The Morgan fingerprint density at radius 3 is 2.94 bits per heavy atom. The first-order valence-electron chi connectivity index (χ1n) is 11.0. The monoisotopic (exact) mass is 442 g/mol. The van der Waals surface area contributed by atoms with Gasteiger partial charge in [0.2, 0.25) is 5.95 Å². The maximum absolute atomic E-state index is 13.9. The first kappa shape index (κ1) is 19.8. The molecular weight excluding hydrogens is 419 g/mol. The number of anilines is 1. The minimum atomic E-state index is -0.439. The van der Waals surface area contributed by atoms with Crippen molar-refractivity contribution >= 4 is 22.5 Å². The number of aryl methyl sites for hydroxylation is 1. The van der Waals surface area contributed by atoms with Gasteiger partial charge < -0.3 is 16.0 Å². The molecule has 0 fully saturated rings. The van der Waals surface area contributed by atoms with Crippen LogP contribution in [0.15, 0.2) is 48.9 Å². The van der Waals surface area contributed by atoms with E-state index in [0.29, 0.717) is 23.0 Å². The van der Waals surface area contributed by atoms with Crippen LogP contribution >= 0.6 is 0 Å². The van der Waals surface area contributed by atoms with Gasteiger partial charge in [-0.15, -0.1) is 0 Å². The Morgan fingerprint density at radius 1 is 1.21 bits per heavy atom. The normalized spacial score (nSPS) is 16.8. The number of H-pyrrole nitrogens is 1. The third-order valence-electron chi connectivity index (χ3n) is 6.28. The molecule has 2 unspecified atom stereocenters. The summed E-state index contributed by atoms with van der Waals surface area (Å²) in [4.78, 5) is 16.9. The number of fused-ring (bicyclic) bond motifs is 4. The third-order valence-corrected chi connectivity index (χ3v) is 6.28. The van der Waals surface area contributed by atoms with Crippen molar-refractivity contribution in [3.05, 3.63) is 71.6 Å². The van der Waals surface area contributed by atoms with E-state index in [2.05, 4.69) is 43.6 Å². The summed E-state index contributed by atoms with van der Waals surface area (Å²) in [6.07, 6.45) is 7.19. The molecule has 4 N–H and O–H groups in total. The Bertz CT molecular complexity index is 1480. The summed E-state index contributed by atoms with van der Waals surface area (Å²) in [5.74, 6) is 0.494. The van der Waals surface area contributed by atoms with Gasteiger partial charge in [0.15, 0.2) is 11.5 Å². The second-order valence-corrected chi connectivity index (χ2v) is 8.60. The zero-order valence-electron chi connectivity index (χ0n) is 18.1. The van der Waals surface area contributed by atoms with Crippen LogP contribution in [0.4, 0.5) is 10.3 Å². The number of nitrogens with zero attached hydrogens (tertiary/aromatic N) is 5. The third kappa shape index (κ3) is 3.41. The van der Waals surface area contributed by atoms with E-state index in [0.717, 1.165) is 31.0 Å². The average Bonchev–Trinajstić information content (AvgIpc) is 3.41. The Morgan fingerprint density at radius 2 is 2.09 bits per heavy atom. The summed E-state index contributed by atoms with van der Waals surface area (Å²) in [6, 6.07) is 9.68. The highest BCUT2D eigenvalue weighted by Crippen LogP contribution is 2.31. The number of halogens is 1. The van der Waals surface area contributed by atoms with Crippen molar-refractivity contribution in [3.63, 3.8) is 0 Å². The van der Waals surface area contributed by atoms with Gasteiger partial charge in [-0.05, 0) is 43.9 Å². The lowest BCUT2D eigenvalue weighted by Crippen LogP contribution is -2.29. The van der Waals surface area contributed by atoms with Crippen molar-refractivity contribution in [3.8, 4) is 11.4 Å². The average molecular weight is 443 g/mol. The van der Waals surface area contributed by atoms with Crippen LogP contribution in [0, 0.1) is 5.82 Å². The molecule has 0 spiro atoms. The molecule has 0 saturated heterocycles. The molecule has 6 rings (SSSR count). The molecule has 33 heavy (non-hydrogen) atoms. The topological polar surface area (TPSA) is 110 Å². The van der Waals surface area contributed by atoms with Gasteiger partial charge in [0.25, 0.3) is 0 Å². The number of hydrogen-bond acceptors (Lipinski definition) is 6. The Hall–Kier alpha value is -3.85. The van der Waals surface area contributed by atoms with Gasteiger partial charge in [0.1, 0.15) is 5.82 Å². The molecule has 8 nitrogen and oxygen atoms in total. The molecule has 5 aromatic rings. The van der Waals surface area contributed by atoms with E-state index in [1.165, 1.54) is 28.2 Å². The molecule has 2 atom stereocenters. The molecule has 1 aliphatic carbocycles. The summed E-state index contributed by atoms with van der Waals surface area (Å²) >= 11 is 0. The van der Waals surface area contributed by atoms with Crippen LogP contribution < -0.4 is 11.1 Å². The summed E-state index contributed by atoms with van der Waals surface area (Å²) in [6.45, 7) is 1.88. The van der Waals surface area contributed by atoms with Crippen LogP contribution in [0.1, 0.15) is 36.2 Å². The second-order valence-electron chi connectivity index (χ2n) is 8.60. The van der Waals surface area contributed by atoms with E-state index >= 15 is 0 Å². The minimum Gasteiger partial charge on any atom is -0.358 e. The molecule has 166 valence electrons. The Balaban J connectivity index is 1.41. The first-order valence-corrected chi connectivity index (χ1v) is 11.0. The highest BCUT2D eigenvalue weighted by molar-refractivity contribution is 5.85. The predicted molar refractivity (Wildman–Crippen MR) is 124 cm³/mol. The van der Waals surface area contributed by atoms with Crippen LogP contribution in [0.2, 0.25) is 0 Å². The van der Waals surface area contributed by atoms with Gasteiger partial charge in [-0.25, -0.2) is 9.37 Å². The van der Waals surface area contributed by atoms with Crippen LogP contribution in [-0.2, 0) is 12.8 Å². The number of hydrogen-bond donors (Lipinski definition) is 3. The molecule has 9 heteroatoms. The molecule has 0 bridgehead atoms. The number of nitrogens with one attached hydrogen (secondary N) is 2. The highest BCUT2D eigenvalue weighted by Gasteiger charge is 2.24. The van der Waals surface area contributed by atoms with Crippen LogP contribution in [-0.4, -0.2) is 35.6 Å². The van der Waals surface area contributed by atoms with Crippen molar-refractivity contribution < 1.29 is 4.39 Å². The van der Waals surface area contributed by atoms with Crippen molar-refractivity contribution in [2.24, 2.45) is 5.73 Å². The summed E-state index contributed by atoms with van der Waals surface area (Å²) in [7, 11) is 0. The summed E-state index contributed by atoms with van der Waals surface area (Å²) in [5.41, 5.74) is 11.9. The molecular formula is C24H23FN8. The van der Waals surface area contributed by atoms with Gasteiger partial charge in [-0.1, -0.05) is 18.2 Å². The quantitative estimate of drug-likeness (QED) is 0.391. The van der Waals surface area contributed by atoms with Gasteiger partial charge >= 0.3 is 0 Å². The SMILES string of the molecule is CC(N)c1cnn2c(NC3CCc4[nH]c5ccccc5c4C3)nc(-c3cncc(F)c3)nc12. The van der Waals surface area contributed by atoms with Crippen LogP contribution in [0.5, 0.6) is 0 Å². The maximum atomic E-state index is 13.9. The van der Waals surface area contributed by atoms with Gasteiger partial charge in [0, 0.05) is 46.0 Å². The molecule has 4 heterocycles. The summed E-state index contributed by atoms with van der Waals surface area (Å²) < 4.78 is 15.5. The number of benzene rings is 1. The second kappa shape index (κ2) is 7.63. The van der Waals surface area contributed by atoms with Gasteiger partial charge in [-0.2, -0.15) is 14.6 Å². The Labute approximate surface area is 189 Å². The molecule has 1 aliphatic rings. The highest BCUT2D eigenvalue weighted by atomic mass is 19.1. The minimum absolute atomic E-state index is 0.163. The number of para-hydroxylation sites is 1. The lowest BCUT2D eigenvalue weighted by atomic mass is 9.91. The number of pyridine rings is 1. The maximum Gasteiger partial charge on any atom is 0.228 e. The molecule has 0 aliphatic heterocycles. The zero-order chi connectivity index (χ0) is 22.5. The van der Waals surface area contributed by atoms with Crippen molar-refractivity contribution in [2.45, 2.75) is 38.3 Å². The van der Waals surface area contributed by atoms with Crippen molar-refractivity contribution in [1.82, 2.24) is 29.5 Å². The largest absolute Gasteiger partial charge is 0.358 e. The van der Waals surface area contributed by atoms with Crippen molar-refractivity contribution in [2.75, 3.05) is 5.32 Å². The standard InChI is InChI=1S/C24H23FN8/c1-13(26)19-12-28-33-23(19)31-22(14-8-15(25)11-27-10-14)32-24(33)29-16-6-7-21-18(9-16)17-4-2-3-5-20(17)30-21/h2-5,8,10-13,16,30H,6-7,9,26H2,1H3,(H,29,31,32). The van der Waals surface area contributed by atoms with Crippen LogP contribution in [0.3, 0.4) is 0 Å². The molecule has 0 saturated carbocycles. The van der Waals surface area contributed by atoms with Crippen molar-refractivity contribution in [1.29, 1.82) is 0 Å². The Kier molecular flexibility index (Phi) is 4.58. The summed E-state index contributed by atoms with van der Waals surface area (Å²) in [5, 5.41) is 9.33. The number of nitrogens with two attached hydrogens (primary N) is 1. The fraction of sp³-hybridized carbons (Fsp3) is 0.250. The van der Waals surface area contributed by atoms with Gasteiger partial charge in [0.05, 0.1) is 12.4 Å². The molecule has 1 aromatic carbocycles. The van der Waals surface area contributed by atoms with Gasteiger partial charge in [-0.3, -0.25) is 4.98 Å². The van der Waals surface area contributed by atoms with E-state index in [4.69, 9.17) is 10.7 Å². The zero-order valence-corrected chi connectivity index (χ0v) is 18.1. The first-order chi connectivity index (χ1) is 16.1. The van der Waals surface area contributed by atoms with E-state index in [1.807, 2.05) is 13.0 Å². The van der Waals surface area contributed by atoms with E-state index in [1.54, 1.807) is 16.9 Å². The lowest BCUT2D eigenvalue weighted by Gasteiger charge is -2.24.